The fraction of sp³-hybridized carbons (Fsp3) is 0.600. The molecule has 0 saturated heterocycles. The molecule has 0 atom stereocenters. The zero-order chi connectivity index (χ0) is 12.6. The molecule has 17 heavy (non-hydrogen) atoms. The lowest BCUT2D eigenvalue weighted by Gasteiger charge is -2.35. The number of hydrogen-bond acceptors (Lipinski definition) is 4. The van der Waals surface area contributed by atoms with E-state index in [0.717, 1.165) is 4.57 Å². The average Bonchev–Trinajstić information content (AvgIpc) is 2.22. The summed E-state index contributed by atoms with van der Waals surface area (Å²) in [5, 5.41) is 9.44. The third-order valence-corrected chi connectivity index (χ3v) is 2.90. The highest BCUT2D eigenvalue weighted by molar-refractivity contribution is 5.12. The van der Waals surface area contributed by atoms with Gasteiger partial charge in [-0.1, -0.05) is 0 Å². The lowest BCUT2D eigenvalue weighted by Crippen LogP contribution is -2.41. The molecule has 1 heterocycles. The fourth-order valence-corrected chi connectivity index (χ4v) is 1.97. The summed E-state index contributed by atoms with van der Waals surface area (Å²) >= 11 is 0. The van der Waals surface area contributed by atoms with Crippen LogP contribution in [0.4, 0.5) is 4.39 Å². The van der Waals surface area contributed by atoms with Crippen LogP contribution in [0.5, 0.6) is 5.88 Å². The fourth-order valence-electron chi connectivity index (χ4n) is 1.97. The second-order valence-corrected chi connectivity index (χ2v) is 3.97. The van der Waals surface area contributed by atoms with E-state index in [9.17, 15) is 19.1 Å². The van der Waals surface area contributed by atoms with Crippen LogP contribution >= 0.6 is 0 Å². The lowest BCUT2D eigenvalue weighted by atomic mass is 9.89. The van der Waals surface area contributed by atoms with Gasteiger partial charge in [0.05, 0.1) is 6.10 Å². The molecule has 0 aromatic carbocycles. The Kier molecular flexibility index (Phi) is 3.01. The molecule has 1 aliphatic carbocycles. The van der Waals surface area contributed by atoms with Gasteiger partial charge in [0.25, 0.3) is 5.56 Å². The summed E-state index contributed by atoms with van der Waals surface area (Å²) in [7, 11) is 0. The van der Waals surface area contributed by atoms with E-state index >= 15 is 0 Å². The van der Waals surface area contributed by atoms with Gasteiger partial charge < -0.3 is 9.84 Å². The number of aromatic hydroxyl groups is 1. The van der Waals surface area contributed by atoms with Gasteiger partial charge in [0.2, 0.25) is 11.7 Å². The highest BCUT2D eigenvalue weighted by Crippen LogP contribution is 2.35. The number of nitrogens with zero attached hydrogens (tertiary/aromatic N) is 1. The molecule has 2 rings (SSSR count). The van der Waals surface area contributed by atoms with Crippen LogP contribution in [0.15, 0.2) is 9.59 Å². The van der Waals surface area contributed by atoms with Crippen molar-refractivity contribution in [2.75, 3.05) is 6.61 Å². The minimum Gasteiger partial charge on any atom is -0.492 e. The molecule has 1 fully saturated rings. The maximum Gasteiger partial charge on any atom is 0.331 e. The highest BCUT2D eigenvalue weighted by Gasteiger charge is 2.34. The topological polar surface area (TPSA) is 84.3 Å². The van der Waals surface area contributed by atoms with Gasteiger partial charge in [0.15, 0.2) is 0 Å². The molecule has 1 aromatic heterocycles. The molecule has 0 unspecified atom stereocenters. The number of nitrogens with one attached hydrogen (secondary N) is 1. The summed E-state index contributed by atoms with van der Waals surface area (Å²) in [4.78, 5) is 24.2. The molecule has 7 heteroatoms. The third kappa shape index (κ3) is 1.97. The highest BCUT2D eigenvalue weighted by atomic mass is 19.1. The maximum atomic E-state index is 13.2. The summed E-state index contributed by atoms with van der Waals surface area (Å²) < 4.78 is 19.3. The smallest absolute Gasteiger partial charge is 0.331 e. The molecule has 0 amide bonds. The Hall–Kier alpha value is -1.63. The van der Waals surface area contributed by atoms with E-state index in [1.165, 1.54) is 0 Å². The van der Waals surface area contributed by atoms with Gasteiger partial charge in [-0.15, -0.1) is 0 Å². The Morgan fingerprint density at radius 1 is 1.53 bits per heavy atom. The average molecular weight is 244 g/mol. The summed E-state index contributed by atoms with van der Waals surface area (Å²) in [5.41, 5.74) is -2.00. The van der Waals surface area contributed by atoms with Gasteiger partial charge in [-0.05, 0) is 19.8 Å². The second kappa shape index (κ2) is 4.33. The molecule has 1 saturated carbocycles. The molecule has 94 valence electrons. The van der Waals surface area contributed by atoms with Crippen molar-refractivity contribution in [2.45, 2.75) is 31.9 Å². The van der Waals surface area contributed by atoms with Crippen LogP contribution in [0.25, 0.3) is 0 Å². The zero-order valence-corrected chi connectivity index (χ0v) is 9.27. The van der Waals surface area contributed by atoms with E-state index in [4.69, 9.17) is 4.74 Å². The van der Waals surface area contributed by atoms with Gasteiger partial charge in [0.1, 0.15) is 0 Å². The monoisotopic (exact) mass is 244 g/mol. The molecule has 1 aromatic rings. The van der Waals surface area contributed by atoms with E-state index in [2.05, 4.69) is 0 Å². The number of H-pyrrole nitrogens is 1. The van der Waals surface area contributed by atoms with Crippen molar-refractivity contribution in [1.29, 1.82) is 0 Å². The number of ether oxygens (including phenoxy) is 1. The Labute approximate surface area is 95.7 Å². The first-order valence-corrected chi connectivity index (χ1v) is 5.39. The van der Waals surface area contributed by atoms with Crippen LogP contribution in [0.2, 0.25) is 0 Å². The van der Waals surface area contributed by atoms with E-state index < -0.39 is 22.9 Å². The van der Waals surface area contributed by atoms with Crippen LogP contribution in [-0.2, 0) is 4.74 Å². The SMILES string of the molecule is CCOC1CC(n2c(O)c(F)c(=O)[nH]c2=O)C1. The van der Waals surface area contributed by atoms with E-state index in [1.807, 2.05) is 11.9 Å². The quantitative estimate of drug-likeness (QED) is 0.791. The summed E-state index contributed by atoms with van der Waals surface area (Å²) in [6, 6.07) is -0.328. The first kappa shape index (κ1) is 11.8. The Morgan fingerprint density at radius 3 is 2.76 bits per heavy atom. The summed E-state index contributed by atoms with van der Waals surface area (Å²) in [6.07, 6.45) is 1.06. The minimum absolute atomic E-state index is 0.0197. The van der Waals surface area contributed by atoms with Gasteiger partial charge in [-0.2, -0.15) is 4.39 Å². The van der Waals surface area contributed by atoms with Gasteiger partial charge >= 0.3 is 5.69 Å². The lowest BCUT2D eigenvalue weighted by molar-refractivity contribution is -0.0228. The molecule has 1 aliphatic rings. The van der Waals surface area contributed by atoms with Crippen LogP contribution < -0.4 is 11.2 Å². The van der Waals surface area contributed by atoms with Gasteiger partial charge in [-0.25, -0.2) is 4.79 Å². The van der Waals surface area contributed by atoms with Gasteiger partial charge in [0, 0.05) is 12.6 Å². The molecule has 0 radical (unpaired) electrons. The van der Waals surface area contributed by atoms with Crippen molar-refractivity contribution < 1.29 is 14.2 Å². The summed E-state index contributed by atoms with van der Waals surface area (Å²) in [5.74, 6) is -2.23. The van der Waals surface area contributed by atoms with Crippen LogP contribution in [0.1, 0.15) is 25.8 Å². The van der Waals surface area contributed by atoms with E-state index in [-0.39, 0.29) is 12.1 Å². The molecule has 0 spiro atoms. The predicted octanol–water partition coefficient (Wildman–Crippen LogP) is 0.121. The molecule has 2 N–H and O–H groups in total. The van der Waals surface area contributed by atoms with Crippen molar-refractivity contribution in [3.05, 3.63) is 26.7 Å². The zero-order valence-electron chi connectivity index (χ0n) is 9.27. The molecule has 0 aliphatic heterocycles. The second-order valence-electron chi connectivity index (χ2n) is 3.97. The van der Waals surface area contributed by atoms with Crippen molar-refractivity contribution in [1.82, 2.24) is 9.55 Å². The number of rotatable bonds is 3. The minimum atomic E-state index is -1.33. The van der Waals surface area contributed by atoms with Crippen molar-refractivity contribution in [2.24, 2.45) is 0 Å². The number of hydrogen-bond donors (Lipinski definition) is 2. The predicted molar refractivity (Wildman–Crippen MR) is 56.6 cm³/mol. The first-order valence-electron chi connectivity index (χ1n) is 5.39. The Bertz CT molecular complexity index is 530. The molecular weight excluding hydrogens is 231 g/mol. The summed E-state index contributed by atoms with van der Waals surface area (Å²) in [6.45, 7) is 2.43. The standard InChI is InChI=1S/C10H13FN2O4/c1-2-17-6-3-5(4-6)13-9(15)7(11)8(14)12-10(13)16/h5-6,15H,2-4H2,1H3,(H,12,14,16). The number of aromatic nitrogens is 2. The largest absolute Gasteiger partial charge is 0.492 e. The van der Waals surface area contributed by atoms with Crippen molar-refractivity contribution in [3.8, 4) is 5.88 Å². The Morgan fingerprint density at radius 2 is 2.18 bits per heavy atom. The molecular formula is C10H13FN2O4. The van der Waals surface area contributed by atoms with Crippen molar-refractivity contribution in [3.63, 3.8) is 0 Å². The first-order chi connectivity index (χ1) is 8.04. The van der Waals surface area contributed by atoms with Crippen molar-refractivity contribution >= 4 is 0 Å². The molecule has 6 nitrogen and oxygen atoms in total. The number of halogens is 1. The normalized spacial score (nSPS) is 23.4. The van der Waals surface area contributed by atoms with E-state index in [1.54, 1.807) is 0 Å². The third-order valence-electron chi connectivity index (χ3n) is 2.90. The molecule has 0 bridgehead atoms. The Balaban J connectivity index is 2.27. The number of aromatic amines is 1. The maximum absolute atomic E-state index is 13.2. The van der Waals surface area contributed by atoms with Gasteiger partial charge in [-0.3, -0.25) is 14.3 Å². The van der Waals surface area contributed by atoms with E-state index in [0.29, 0.717) is 19.4 Å². The van der Waals surface area contributed by atoms with Crippen LogP contribution in [-0.4, -0.2) is 27.4 Å². The van der Waals surface area contributed by atoms with Crippen LogP contribution in [0, 0.1) is 5.82 Å². The van der Waals surface area contributed by atoms with Crippen LogP contribution in [0.3, 0.4) is 0 Å².